The number of hydrogen-bond donors (Lipinski definition) is 6. The number of carbonyl (C=O) groups excluding carboxylic acids is 2. The van der Waals surface area contributed by atoms with Crippen molar-refractivity contribution in [3.63, 3.8) is 0 Å². The Morgan fingerprint density at radius 1 is 0.475 bits per heavy atom. The second kappa shape index (κ2) is 57.6. The van der Waals surface area contributed by atoms with Crippen molar-refractivity contribution in [2.24, 2.45) is 0 Å². The third kappa shape index (κ3) is 44.6. The zero-order chi connectivity index (χ0) is 58.2. The van der Waals surface area contributed by atoms with E-state index >= 15 is 0 Å². The van der Waals surface area contributed by atoms with Gasteiger partial charge >= 0.3 is 5.97 Å². The Balaban J connectivity index is 2.51. The van der Waals surface area contributed by atoms with Gasteiger partial charge in [-0.05, 0) is 51.4 Å². The van der Waals surface area contributed by atoms with Crippen molar-refractivity contribution in [1.29, 1.82) is 0 Å². The van der Waals surface area contributed by atoms with Gasteiger partial charge in [0.1, 0.15) is 24.4 Å². The monoisotopic (exact) mass is 1130 g/mol. The topological polar surface area (TPSA) is 175 Å². The molecule has 0 bridgehead atoms. The molecule has 0 spiro atoms. The van der Waals surface area contributed by atoms with Crippen LogP contribution in [0.25, 0.3) is 0 Å². The van der Waals surface area contributed by atoms with Crippen LogP contribution in [0.5, 0.6) is 0 Å². The van der Waals surface area contributed by atoms with E-state index < -0.39 is 67.4 Å². The van der Waals surface area contributed by atoms with E-state index in [4.69, 9.17) is 14.2 Å². The van der Waals surface area contributed by atoms with Gasteiger partial charge in [0, 0.05) is 6.42 Å². The highest BCUT2D eigenvalue weighted by molar-refractivity contribution is 5.80. The summed E-state index contributed by atoms with van der Waals surface area (Å²) in [6.07, 6.45) is 58.2. The normalized spacial score (nSPS) is 18.8. The van der Waals surface area contributed by atoms with Crippen molar-refractivity contribution < 1.29 is 49.3 Å². The Labute approximate surface area is 492 Å². The fraction of sp³-hybridized carbons (Fsp3) is 0.913. The summed E-state index contributed by atoms with van der Waals surface area (Å²) >= 11 is 0. The molecule has 1 rings (SSSR count). The Hall–Kier alpha value is -1.86. The summed E-state index contributed by atoms with van der Waals surface area (Å²) in [5.41, 5.74) is 0. The maximum Gasteiger partial charge on any atom is 0.306 e. The van der Waals surface area contributed by atoms with Crippen molar-refractivity contribution in [3.05, 3.63) is 24.3 Å². The summed E-state index contributed by atoms with van der Waals surface area (Å²) in [5.74, 6) is -1.20. The molecule has 0 aliphatic carbocycles. The smallest absolute Gasteiger partial charge is 0.306 e. The van der Waals surface area contributed by atoms with E-state index in [0.29, 0.717) is 12.8 Å². The highest BCUT2D eigenvalue weighted by atomic mass is 16.7. The number of hydrogen-bond acceptors (Lipinski definition) is 10. The van der Waals surface area contributed by atoms with Gasteiger partial charge in [0.25, 0.3) is 0 Å². The maximum atomic E-state index is 13.4. The summed E-state index contributed by atoms with van der Waals surface area (Å²) in [5, 5.41) is 57.0. The number of esters is 1. The van der Waals surface area contributed by atoms with Crippen molar-refractivity contribution in [1.82, 2.24) is 5.32 Å². The van der Waals surface area contributed by atoms with Gasteiger partial charge in [0.05, 0.1) is 25.4 Å². The standard InChI is InChI=1S/C69H131NO10/c1-4-7-10-13-16-19-22-25-26-27-28-29-30-31-32-33-34-35-36-37-38-39-42-45-48-51-54-57-64(74)80-67-66(76)65(75)63(58-71)79-69(67)78-59-60(61(72)55-52-49-46-43-40-23-20-17-14-11-8-5-2)70-68(77)62(73)56-53-50-47-44-41-24-21-18-15-12-9-6-3/h41,44,52,55,60-63,65-67,69,71-73,75-76H,4-40,42-43,45-51,53-54,56-59H2,1-3H3,(H,70,77)/b44-41-,55-52+. The van der Waals surface area contributed by atoms with E-state index in [1.54, 1.807) is 6.08 Å². The molecule has 1 amide bonds. The van der Waals surface area contributed by atoms with Gasteiger partial charge in [0.15, 0.2) is 12.4 Å². The lowest BCUT2D eigenvalue weighted by Gasteiger charge is -2.41. The number of carbonyl (C=O) groups is 2. The predicted octanol–water partition coefficient (Wildman–Crippen LogP) is 17.2. The molecule has 80 heavy (non-hydrogen) atoms. The molecule has 1 fully saturated rings. The molecule has 0 aromatic rings. The molecule has 0 aromatic heterocycles. The fourth-order valence-electron chi connectivity index (χ4n) is 11.1. The minimum atomic E-state index is -1.61. The van der Waals surface area contributed by atoms with Gasteiger partial charge in [-0.1, -0.05) is 308 Å². The number of nitrogens with one attached hydrogen (secondary N) is 1. The Morgan fingerprint density at radius 2 is 0.825 bits per heavy atom. The van der Waals surface area contributed by atoms with Crippen LogP contribution < -0.4 is 5.32 Å². The van der Waals surface area contributed by atoms with Crippen LogP contribution in [0.4, 0.5) is 0 Å². The van der Waals surface area contributed by atoms with Gasteiger partial charge in [-0.15, -0.1) is 0 Å². The maximum absolute atomic E-state index is 13.4. The second-order valence-electron chi connectivity index (χ2n) is 24.3. The second-order valence-corrected chi connectivity index (χ2v) is 24.3. The van der Waals surface area contributed by atoms with E-state index in [2.05, 4.69) is 38.2 Å². The van der Waals surface area contributed by atoms with Crippen LogP contribution in [0.1, 0.15) is 342 Å². The highest BCUT2D eigenvalue weighted by Crippen LogP contribution is 2.26. The lowest BCUT2D eigenvalue weighted by Crippen LogP contribution is -2.61. The van der Waals surface area contributed by atoms with Crippen LogP contribution >= 0.6 is 0 Å². The van der Waals surface area contributed by atoms with Crippen molar-refractivity contribution in [3.8, 4) is 0 Å². The van der Waals surface area contributed by atoms with E-state index in [1.165, 1.54) is 238 Å². The fourth-order valence-corrected chi connectivity index (χ4v) is 11.1. The largest absolute Gasteiger partial charge is 0.454 e. The molecule has 0 radical (unpaired) electrons. The average molecular weight is 1130 g/mol. The first-order valence-corrected chi connectivity index (χ1v) is 34.6. The van der Waals surface area contributed by atoms with Crippen LogP contribution in [-0.2, 0) is 23.8 Å². The molecule has 8 atom stereocenters. The summed E-state index contributed by atoms with van der Waals surface area (Å²) in [6, 6.07) is -1.03. The van der Waals surface area contributed by atoms with Crippen LogP contribution in [0, 0.1) is 0 Å². The molecule has 0 saturated carbocycles. The van der Waals surface area contributed by atoms with Gasteiger partial charge in [-0.25, -0.2) is 0 Å². The molecule has 11 heteroatoms. The molecule has 1 saturated heterocycles. The number of allylic oxidation sites excluding steroid dienone is 3. The number of ether oxygens (including phenoxy) is 3. The number of rotatable bonds is 60. The van der Waals surface area contributed by atoms with Crippen LogP contribution in [0.15, 0.2) is 24.3 Å². The van der Waals surface area contributed by atoms with E-state index in [0.717, 1.165) is 57.8 Å². The lowest BCUT2D eigenvalue weighted by molar-refractivity contribution is -0.305. The average Bonchev–Trinajstić information content (AvgIpc) is 3.46. The molecule has 1 aliphatic heterocycles. The number of aliphatic hydroxyl groups is 5. The van der Waals surface area contributed by atoms with E-state index in [1.807, 2.05) is 6.08 Å². The first-order valence-electron chi connectivity index (χ1n) is 34.6. The zero-order valence-corrected chi connectivity index (χ0v) is 52.5. The summed E-state index contributed by atoms with van der Waals surface area (Å²) in [4.78, 5) is 26.6. The molecular formula is C69H131NO10. The summed E-state index contributed by atoms with van der Waals surface area (Å²) in [7, 11) is 0. The molecule has 0 aromatic carbocycles. The molecular weight excluding hydrogens is 1000 g/mol. The number of unbranched alkanes of at least 4 members (excludes halogenated alkanes) is 44. The molecule has 11 nitrogen and oxygen atoms in total. The van der Waals surface area contributed by atoms with Crippen molar-refractivity contribution in [2.45, 2.75) is 391 Å². The van der Waals surface area contributed by atoms with Crippen molar-refractivity contribution >= 4 is 11.9 Å². The van der Waals surface area contributed by atoms with Crippen LogP contribution in [-0.4, -0.2) is 99.6 Å². The third-order valence-electron chi connectivity index (χ3n) is 16.6. The van der Waals surface area contributed by atoms with Crippen LogP contribution in [0.3, 0.4) is 0 Å². The first kappa shape index (κ1) is 76.2. The molecule has 6 N–H and O–H groups in total. The number of aliphatic hydroxyl groups excluding tert-OH is 5. The molecule has 1 aliphatic rings. The van der Waals surface area contributed by atoms with Crippen LogP contribution in [0.2, 0.25) is 0 Å². The van der Waals surface area contributed by atoms with E-state index in [9.17, 15) is 35.1 Å². The predicted molar refractivity (Wildman–Crippen MR) is 334 cm³/mol. The number of amides is 1. The minimum Gasteiger partial charge on any atom is -0.454 e. The molecule has 472 valence electrons. The Morgan fingerprint density at radius 3 is 1.21 bits per heavy atom. The van der Waals surface area contributed by atoms with Gasteiger partial charge < -0.3 is 45.1 Å². The first-order chi connectivity index (χ1) is 39.2. The highest BCUT2D eigenvalue weighted by Gasteiger charge is 2.47. The van der Waals surface area contributed by atoms with Gasteiger partial charge in [0.2, 0.25) is 5.91 Å². The lowest BCUT2D eigenvalue weighted by atomic mass is 9.99. The Kier molecular flexibility index (Phi) is 54.8. The zero-order valence-electron chi connectivity index (χ0n) is 52.5. The summed E-state index contributed by atoms with van der Waals surface area (Å²) < 4.78 is 17.7. The molecule has 1 heterocycles. The van der Waals surface area contributed by atoms with E-state index in [-0.39, 0.29) is 19.4 Å². The SMILES string of the molecule is CCCCCCCC/C=C\CCCCC(O)C(=O)NC(COC1OC(CO)C(O)C(O)C1OC(=O)CCCCCCCCCCCCCCCCCCCCCCCCCCCCC)C(O)/C=C/CCCCCCCCCCCC. The molecule has 8 unspecified atom stereocenters. The Bertz CT molecular complexity index is 1400. The van der Waals surface area contributed by atoms with Crippen molar-refractivity contribution in [2.75, 3.05) is 13.2 Å². The van der Waals surface area contributed by atoms with Gasteiger partial charge in [-0.2, -0.15) is 0 Å². The summed E-state index contributed by atoms with van der Waals surface area (Å²) in [6.45, 7) is 5.81. The minimum absolute atomic E-state index is 0.128. The van der Waals surface area contributed by atoms with Gasteiger partial charge in [-0.3, -0.25) is 9.59 Å². The quantitative estimate of drug-likeness (QED) is 0.0195. The third-order valence-corrected chi connectivity index (χ3v) is 16.6.